The molecule has 3 aromatic heterocycles. The van der Waals surface area contributed by atoms with Crippen molar-refractivity contribution in [2.45, 2.75) is 11.9 Å². The Balaban J connectivity index is 1.82. The second kappa shape index (κ2) is 9.39. The average Bonchev–Trinajstić information content (AvgIpc) is 2.82. The number of hydrogen-bond acceptors (Lipinski definition) is 8. The summed E-state index contributed by atoms with van der Waals surface area (Å²) in [4.78, 5) is 16.6. The number of rotatable bonds is 7. The number of nitrogens with zero attached hydrogens (tertiary/aromatic N) is 4. The highest BCUT2D eigenvalue weighted by Crippen LogP contribution is 2.39. The summed E-state index contributed by atoms with van der Waals surface area (Å²) in [5, 5.41) is -0.283. The van der Waals surface area contributed by atoms with Crippen LogP contribution in [0.5, 0.6) is 17.2 Å². The van der Waals surface area contributed by atoms with E-state index in [9.17, 15) is 8.42 Å². The number of para-hydroxylation sites is 2. The molecule has 0 aliphatic carbocycles. The molecule has 9 nitrogen and oxygen atoms in total. The maximum atomic E-state index is 13.0. The number of sulfonamides is 1. The topological polar surface area (TPSA) is 116 Å². The van der Waals surface area contributed by atoms with Gasteiger partial charge < -0.3 is 9.47 Å². The number of aryl methyl sites for hydroxylation is 1. The zero-order valence-corrected chi connectivity index (χ0v) is 19.1. The van der Waals surface area contributed by atoms with Crippen LogP contribution < -0.4 is 14.2 Å². The van der Waals surface area contributed by atoms with Gasteiger partial charge in [0.2, 0.25) is 5.75 Å². The standard InChI is InChI=1S/C22H18ClN5O4S/c1-14-7-8-18(25-13-14)33(29,30)28-22-19(32-17-6-4-3-5-16(17)31-2)20(23)26-21(27-22)15-9-11-24-12-10-15/h3-13H,1-2H3,(H,26,27,28). The van der Waals surface area contributed by atoms with Crippen molar-refractivity contribution < 1.29 is 17.9 Å². The Kier molecular flexibility index (Phi) is 6.38. The molecule has 4 rings (SSSR count). The number of anilines is 1. The molecular formula is C22H18ClN5O4S. The summed E-state index contributed by atoms with van der Waals surface area (Å²) in [6.07, 6.45) is 4.58. The van der Waals surface area contributed by atoms with Crippen molar-refractivity contribution >= 4 is 27.4 Å². The monoisotopic (exact) mass is 483 g/mol. The minimum atomic E-state index is -4.11. The maximum absolute atomic E-state index is 13.0. The van der Waals surface area contributed by atoms with Crippen LogP contribution in [0.3, 0.4) is 0 Å². The molecule has 0 amide bonds. The Morgan fingerprint density at radius 3 is 2.36 bits per heavy atom. The van der Waals surface area contributed by atoms with Crippen molar-refractivity contribution in [3.8, 4) is 28.6 Å². The number of nitrogens with one attached hydrogen (secondary N) is 1. The quantitative estimate of drug-likeness (QED) is 0.382. The zero-order valence-electron chi connectivity index (χ0n) is 17.6. The smallest absolute Gasteiger partial charge is 0.280 e. The van der Waals surface area contributed by atoms with Crippen LogP contribution in [0.1, 0.15) is 5.56 Å². The van der Waals surface area contributed by atoms with Gasteiger partial charge in [-0.1, -0.05) is 29.8 Å². The summed E-state index contributed by atoms with van der Waals surface area (Å²) in [5.41, 5.74) is 1.41. The van der Waals surface area contributed by atoms with Crippen LogP contribution in [0.15, 0.2) is 72.1 Å². The van der Waals surface area contributed by atoms with Gasteiger partial charge in [0.1, 0.15) is 0 Å². The Morgan fingerprint density at radius 1 is 0.970 bits per heavy atom. The van der Waals surface area contributed by atoms with E-state index in [0.717, 1.165) is 5.56 Å². The van der Waals surface area contributed by atoms with Crippen molar-refractivity contribution in [2.75, 3.05) is 11.8 Å². The van der Waals surface area contributed by atoms with Gasteiger partial charge in [-0.15, -0.1) is 0 Å². The predicted octanol–water partition coefficient (Wildman–Crippen LogP) is 4.50. The van der Waals surface area contributed by atoms with Crippen LogP contribution in [0, 0.1) is 6.92 Å². The molecule has 168 valence electrons. The molecule has 11 heteroatoms. The number of ether oxygens (including phenoxy) is 2. The summed E-state index contributed by atoms with van der Waals surface area (Å²) in [7, 11) is -2.62. The third-order valence-corrected chi connectivity index (χ3v) is 5.94. The van der Waals surface area contributed by atoms with Crippen molar-refractivity contribution in [1.82, 2.24) is 19.9 Å². The predicted molar refractivity (Wildman–Crippen MR) is 123 cm³/mol. The lowest BCUT2D eigenvalue weighted by molar-refractivity contribution is 0.378. The van der Waals surface area contributed by atoms with E-state index in [1.54, 1.807) is 61.8 Å². The lowest BCUT2D eigenvalue weighted by atomic mass is 10.2. The van der Waals surface area contributed by atoms with Gasteiger partial charge >= 0.3 is 0 Å². The van der Waals surface area contributed by atoms with Gasteiger partial charge in [0.15, 0.2) is 33.3 Å². The van der Waals surface area contributed by atoms with Crippen LogP contribution in [-0.4, -0.2) is 35.5 Å². The Morgan fingerprint density at radius 2 is 1.70 bits per heavy atom. The average molecular weight is 484 g/mol. The summed E-state index contributed by atoms with van der Waals surface area (Å²) in [5.74, 6) is 0.658. The normalized spacial score (nSPS) is 11.1. The van der Waals surface area contributed by atoms with E-state index >= 15 is 0 Å². The van der Waals surface area contributed by atoms with Crippen LogP contribution in [0.4, 0.5) is 5.82 Å². The highest BCUT2D eigenvalue weighted by Gasteiger charge is 2.24. The molecule has 0 saturated heterocycles. The fourth-order valence-corrected chi connectivity index (χ4v) is 3.96. The van der Waals surface area contributed by atoms with Crippen molar-refractivity contribution in [3.63, 3.8) is 0 Å². The number of benzene rings is 1. The molecule has 3 heterocycles. The molecule has 0 saturated carbocycles. The van der Waals surface area contributed by atoms with Gasteiger partial charge in [0.05, 0.1) is 7.11 Å². The van der Waals surface area contributed by atoms with Crippen LogP contribution in [0.25, 0.3) is 11.4 Å². The first-order valence-electron chi connectivity index (χ1n) is 9.61. The summed E-state index contributed by atoms with van der Waals surface area (Å²) >= 11 is 6.44. The molecule has 0 bridgehead atoms. The highest BCUT2D eigenvalue weighted by atomic mass is 35.5. The van der Waals surface area contributed by atoms with E-state index in [-0.39, 0.29) is 27.6 Å². The lowest BCUT2D eigenvalue weighted by Gasteiger charge is -2.16. The molecule has 0 unspecified atom stereocenters. The number of aromatic nitrogens is 4. The minimum Gasteiger partial charge on any atom is -0.493 e. The lowest BCUT2D eigenvalue weighted by Crippen LogP contribution is -2.16. The molecule has 0 atom stereocenters. The third-order valence-electron chi connectivity index (χ3n) is 4.43. The number of methoxy groups -OCH3 is 1. The van der Waals surface area contributed by atoms with E-state index in [1.165, 1.54) is 19.4 Å². The first kappa shape index (κ1) is 22.4. The number of hydrogen-bond donors (Lipinski definition) is 1. The van der Waals surface area contributed by atoms with E-state index in [2.05, 4.69) is 24.7 Å². The first-order valence-corrected chi connectivity index (χ1v) is 11.5. The van der Waals surface area contributed by atoms with Gasteiger partial charge in [-0.3, -0.25) is 9.71 Å². The molecule has 4 aromatic rings. The fourth-order valence-electron chi connectivity index (χ4n) is 2.82. The van der Waals surface area contributed by atoms with E-state index in [0.29, 0.717) is 17.1 Å². The summed E-state index contributed by atoms with van der Waals surface area (Å²) in [6.45, 7) is 1.81. The van der Waals surface area contributed by atoms with Crippen molar-refractivity contribution in [3.05, 3.63) is 77.8 Å². The van der Waals surface area contributed by atoms with E-state index < -0.39 is 10.0 Å². The molecule has 0 aliphatic heterocycles. The van der Waals surface area contributed by atoms with Gasteiger partial charge in [0.25, 0.3) is 10.0 Å². The molecule has 0 spiro atoms. The Labute approximate surface area is 195 Å². The van der Waals surface area contributed by atoms with Gasteiger partial charge in [0, 0.05) is 24.2 Å². The molecule has 0 fully saturated rings. The van der Waals surface area contributed by atoms with Crippen molar-refractivity contribution in [1.29, 1.82) is 0 Å². The van der Waals surface area contributed by atoms with Gasteiger partial charge in [-0.25, -0.2) is 15.0 Å². The minimum absolute atomic E-state index is 0.0883. The van der Waals surface area contributed by atoms with Gasteiger partial charge in [-0.2, -0.15) is 8.42 Å². The molecule has 0 aliphatic rings. The maximum Gasteiger partial charge on any atom is 0.280 e. The highest BCUT2D eigenvalue weighted by molar-refractivity contribution is 7.92. The zero-order chi connectivity index (χ0) is 23.4. The van der Waals surface area contributed by atoms with E-state index in [4.69, 9.17) is 21.1 Å². The summed E-state index contributed by atoms with van der Waals surface area (Å²) in [6, 6.07) is 13.2. The third kappa shape index (κ3) is 5.02. The molecule has 1 aromatic carbocycles. The van der Waals surface area contributed by atoms with Crippen LogP contribution in [0.2, 0.25) is 5.15 Å². The van der Waals surface area contributed by atoms with Crippen LogP contribution >= 0.6 is 11.6 Å². The Bertz CT molecular complexity index is 1380. The number of halogens is 1. The molecule has 33 heavy (non-hydrogen) atoms. The molecular weight excluding hydrogens is 466 g/mol. The number of pyridine rings is 2. The summed E-state index contributed by atoms with van der Waals surface area (Å²) < 4.78 is 39.7. The second-order valence-electron chi connectivity index (χ2n) is 6.78. The van der Waals surface area contributed by atoms with Gasteiger partial charge in [-0.05, 0) is 42.8 Å². The first-order chi connectivity index (χ1) is 15.9. The van der Waals surface area contributed by atoms with Crippen LogP contribution in [-0.2, 0) is 10.0 Å². The second-order valence-corrected chi connectivity index (χ2v) is 8.77. The van der Waals surface area contributed by atoms with E-state index in [1.807, 2.05) is 0 Å². The largest absolute Gasteiger partial charge is 0.493 e. The SMILES string of the molecule is COc1ccccc1Oc1c(Cl)nc(-c2ccncc2)nc1NS(=O)(=O)c1ccc(C)cn1. The fraction of sp³-hybridized carbons (Fsp3) is 0.0909. The molecule has 0 radical (unpaired) electrons. The Hall–Kier alpha value is -3.76. The molecule has 1 N–H and O–H groups in total. The van der Waals surface area contributed by atoms with Crippen molar-refractivity contribution in [2.24, 2.45) is 0 Å².